The van der Waals surface area contributed by atoms with Crippen LogP contribution in [0.5, 0.6) is 0 Å². The number of carboxylic acid groups (broad SMARTS) is 1. The number of amides is 1. The molecule has 1 fully saturated rings. The van der Waals surface area contributed by atoms with Gasteiger partial charge in [0.1, 0.15) is 5.60 Å². The van der Waals surface area contributed by atoms with Crippen molar-refractivity contribution in [1.82, 2.24) is 4.90 Å². The molecule has 0 bridgehead atoms. The number of nitrogens with zero attached hydrogens (tertiary/aromatic N) is 2. The molecule has 6 nitrogen and oxygen atoms in total. The van der Waals surface area contributed by atoms with Gasteiger partial charge in [0.15, 0.2) is 0 Å². The number of likely N-dealkylation sites (tertiary alicyclic amines) is 1. The molecule has 0 spiro atoms. The smallest absolute Gasteiger partial charge is 0.411 e. The maximum Gasteiger partial charge on any atom is 0.411 e. The number of carbonyl (C=O) groups is 2. The maximum absolute atomic E-state index is 12.5. The monoisotopic (exact) mass is 329 g/mol. The lowest BCUT2D eigenvalue weighted by molar-refractivity contribution is -0.317. The fourth-order valence-corrected chi connectivity index (χ4v) is 3.03. The minimum Gasteiger partial charge on any atom is -0.548 e. The molecule has 1 atom stereocenters. The van der Waals surface area contributed by atoms with Gasteiger partial charge in [0.05, 0.1) is 23.1 Å². The lowest BCUT2D eigenvalue weighted by Gasteiger charge is -2.40. The Kier molecular flexibility index (Phi) is 4.83. The number of carboxylic acids is 1. The molecule has 0 radical (unpaired) electrons. The number of benzene rings is 1. The molecule has 1 aromatic carbocycles. The summed E-state index contributed by atoms with van der Waals surface area (Å²) in [5.41, 5.74) is -1.23. The summed E-state index contributed by atoms with van der Waals surface area (Å²) in [6.07, 6.45) is 0.174. The maximum atomic E-state index is 12.5. The summed E-state index contributed by atoms with van der Waals surface area (Å²) in [5, 5.41) is 21.2. The molecule has 128 valence electrons. The van der Waals surface area contributed by atoms with Gasteiger partial charge >= 0.3 is 6.09 Å². The third-order valence-corrected chi connectivity index (χ3v) is 4.10. The molecule has 1 aliphatic heterocycles. The number of rotatable bonds is 3. The lowest BCUT2D eigenvalue weighted by Crippen LogP contribution is -2.60. The van der Waals surface area contributed by atoms with E-state index in [1.54, 1.807) is 45.0 Å². The molecule has 6 heteroatoms. The fraction of sp³-hybridized carbons (Fsp3) is 0.500. The van der Waals surface area contributed by atoms with Gasteiger partial charge in [0.25, 0.3) is 0 Å². The first kappa shape index (κ1) is 17.8. The molecule has 1 aliphatic rings. The Morgan fingerprint density at radius 1 is 1.38 bits per heavy atom. The Morgan fingerprint density at radius 3 is 2.62 bits per heavy atom. The second-order valence-corrected chi connectivity index (χ2v) is 7.00. The van der Waals surface area contributed by atoms with E-state index in [0.29, 0.717) is 17.5 Å². The summed E-state index contributed by atoms with van der Waals surface area (Å²) in [6, 6.07) is 8.85. The van der Waals surface area contributed by atoms with Crippen molar-refractivity contribution < 1.29 is 19.4 Å². The molecule has 1 heterocycles. The quantitative estimate of drug-likeness (QED) is 0.840. The summed E-state index contributed by atoms with van der Waals surface area (Å²) in [7, 11) is 0. The molecule has 0 aliphatic carbocycles. The average Bonchev–Trinajstić information content (AvgIpc) is 2.91. The Bertz CT molecular complexity index is 687. The van der Waals surface area contributed by atoms with E-state index >= 15 is 0 Å². The first-order valence-corrected chi connectivity index (χ1v) is 7.90. The number of ether oxygens (including phenoxy) is 1. The first-order chi connectivity index (χ1) is 11.2. The van der Waals surface area contributed by atoms with Crippen LogP contribution in [-0.4, -0.2) is 34.6 Å². The van der Waals surface area contributed by atoms with E-state index in [4.69, 9.17) is 4.74 Å². The predicted molar refractivity (Wildman–Crippen MR) is 84.8 cm³/mol. The van der Waals surface area contributed by atoms with Gasteiger partial charge in [-0.3, -0.25) is 4.90 Å². The third kappa shape index (κ3) is 3.51. The molecule has 1 saturated heterocycles. The lowest BCUT2D eigenvalue weighted by atomic mass is 9.86. The standard InChI is InChI=1S/C18H22N2O4/c1-17(2,3)24-16(23)20-10-6-9-18(20,15(21)22)11-13-7-4-5-8-14(13)12-19/h4-5,7-8H,6,9-11H2,1-3H3,(H,21,22)/p-1/t18-/m0/s1. The van der Waals surface area contributed by atoms with Gasteiger partial charge in [-0.15, -0.1) is 0 Å². The molecule has 0 saturated carbocycles. The topological polar surface area (TPSA) is 93.5 Å². The summed E-state index contributed by atoms with van der Waals surface area (Å²) < 4.78 is 5.35. The molecule has 2 rings (SSSR count). The van der Waals surface area contributed by atoms with Crippen LogP contribution in [0.15, 0.2) is 24.3 Å². The molecular weight excluding hydrogens is 308 g/mol. The van der Waals surface area contributed by atoms with Crippen molar-refractivity contribution in [2.75, 3.05) is 6.54 Å². The summed E-state index contributed by atoms with van der Waals surface area (Å²) >= 11 is 0. The third-order valence-electron chi connectivity index (χ3n) is 4.10. The highest BCUT2D eigenvalue weighted by Gasteiger charge is 2.46. The normalized spacial score (nSPS) is 20.5. The highest BCUT2D eigenvalue weighted by Crippen LogP contribution is 2.34. The van der Waals surface area contributed by atoms with Gasteiger partial charge in [-0.2, -0.15) is 5.26 Å². The van der Waals surface area contributed by atoms with E-state index in [0.717, 1.165) is 0 Å². The average molecular weight is 329 g/mol. The largest absolute Gasteiger partial charge is 0.548 e. The van der Waals surface area contributed by atoms with Crippen LogP contribution in [0.3, 0.4) is 0 Å². The van der Waals surface area contributed by atoms with Crippen molar-refractivity contribution in [1.29, 1.82) is 5.26 Å². The van der Waals surface area contributed by atoms with Gasteiger partial charge in [0, 0.05) is 13.0 Å². The fourth-order valence-electron chi connectivity index (χ4n) is 3.03. The van der Waals surface area contributed by atoms with Crippen LogP contribution in [0, 0.1) is 11.3 Å². The van der Waals surface area contributed by atoms with E-state index in [1.807, 2.05) is 0 Å². The summed E-state index contributed by atoms with van der Waals surface area (Å²) in [5.74, 6) is -1.32. The van der Waals surface area contributed by atoms with Crippen LogP contribution in [-0.2, 0) is 16.0 Å². The van der Waals surface area contributed by atoms with Gasteiger partial charge in [0.2, 0.25) is 0 Å². The van der Waals surface area contributed by atoms with Crippen LogP contribution in [0.25, 0.3) is 0 Å². The van der Waals surface area contributed by atoms with Crippen molar-refractivity contribution in [2.45, 2.75) is 51.2 Å². The summed E-state index contributed by atoms with van der Waals surface area (Å²) in [6.45, 7) is 5.48. The van der Waals surface area contributed by atoms with Crippen LogP contribution >= 0.6 is 0 Å². The number of nitriles is 1. The van der Waals surface area contributed by atoms with E-state index in [1.165, 1.54) is 4.90 Å². The Labute approximate surface area is 141 Å². The second-order valence-electron chi connectivity index (χ2n) is 7.00. The Balaban J connectivity index is 2.38. The van der Waals surface area contributed by atoms with Crippen molar-refractivity contribution >= 4 is 12.1 Å². The van der Waals surface area contributed by atoms with Gasteiger partial charge < -0.3 is 14.6 Å². The van der Waals surface area contributed by atoms with Gasteiger partial charge in [-0.25, -0.2) is 4.79 Å². The van der Waals surface area contributed by atoms with Crippen molar-refractivity contribution in [3.8, 4) is 6.07 Å². The zero-order chi connectivity index (χ0) is 18.0. The van der Waals surface area contributed by atoms with E-state index in [2.05, 4.69) is 6.07 Å². The molecule has 0 unspecified atom stereocenters. The van der Waals surface area contributed by atoms with Crippen molar-refractivity contribution in [2.24, 2.45) is 0 Å². The first-order valence-electron chi connectivity index (χ1n) is 7.90. The second kappa shape index (κ2) is 6.52. The molecule has 0 N–H and O–H groups in total. The Hall–Kier alpha value is -2.55. The van der Waals surface area contributed by atoms with Gasteiger partial charge in [-0.1, -0.05) is 18.2 Å². The van der Waals surface area contributed by atoms with E-state index in [9.17, 15) is 20.0 Å². The highest BCUT2D eigenvalue weighted by atomic mass is 16.6. The zero-order valence-electron chi connectivity index (χ0n) is 14.2. The molecule has 1 amide bonds. The minimum atomic E-state index is -1.49. The number of carbonyl (C=O) groups excluding carboxylic acids is 2. The van der Waals surface area contributed by atoms with Crippen LogP contribution in [0.2, 0.25) is 0 Å². The number of hydrogen-bond acceptors (Lipinski definition) is 5. The SMILES string of the molecule is CC(C)(C)OC(=O)N1CCC[C@]1(Cc1ccccc1C#N)C(=O)[O-]. The van der Waals surface area contributed by atoms with Crippen LogP contribution < -0.4 is 5.11 Å². The zero-order valence-corrected chi connectivity index (χ0v) is 14.2. The van der Waals surface area contributed by atoms with Crippen molar-refractivity contribution in [3.05, 3.63) is 35.4 Å². The van der Waals surface area contributed by atoms with Gasteiger partial charge in [-0.05, 0) is 45.2 Å². The van der Waals surface area contributed by atoms with E-state index in [-0.39, 0.29) is 19.4 Å². The number of aliphatic carboxylic acids is 1. The molecule has 1 aromatic rings. The minimum absolute atomic E-state index is 0.0261. The predicted octanol–water partition coefficient (Wildman–Crippen LogP) is 1.62. The Morgan fingerprint density at radius 2 is 2.04 bits per heavy atom. The van der Waals surface area contributed by atoms with Crippen LogP contribution in [0.1, 0.15) is 44.7 Å². The molecular formula is C18H21N2O4-. The summed E-state index contributed by atoms with van der Waals surface area (Å²) in [4.78, 5) is 25.7. The number of hydrogen-bond donors (Lipinski definition) is 0. The molecule has 24 heavy (non-hydrogen) atoms. The van der Waals surface area contributed by atoms with E-state index < -0.39 is 23.2 Å². The van der Waals surface area contributed by atoms with Crippen molar-refractivity contribution in [3.63, 3.8) is 0 Å². The highest BCUT2D eigenvalue weighted by molar-refractivity contribution is 5.84. The van der Waals surface area contributed by atoms with Crippen LogP contribution in [0.4, 0.5) is 4.79 Å². The molecule has 0 aromatic heterocycles.